The minimum Gasteiger partial charge on any atom is -0.401 e. The van der Waals surface area contributed by atoms with E-state index < -0.39 is 0 Å². The Labute approximate surface area is 141 Å². The number of nitrogens with two attached hydrogens (primary N) is 1. The molecule has 1 aromatic carbocycles. The van der Waals surface area contributed by atoms with Crippen molar-refractivity contribution in [3.8, 4) is 0 Å². The molecule has 1 saturated carbocycles. The van der Waals surface area contributed by atoms with Gasteiger partial charge < -0.3 is 10.6 Å². The highest BCUT2D eigenvalue weighted by molar-refractivity contribution is 5.22. The number of nitrogens with zero attached hydrogens (tertiary/aromatic N) is 2. The van der Waals surface area contributed by atoms with Crippen molar-refractivity contribution in [1.82, 2.24) is 9.80 Å². The Bertz CT molecular complexity index is 519. The third-order valence-corrected chi connectivity index (χ3v) is 5.05. The van der Waals surface area contributed by atoms with E-state index in [1.807, 2.05) is 0 Å². The van der Waals surface area contributed by atoms with Crippen molar-refractivity contribution in [1.29, 1.82) is 0 Å². The molecule has 1 heterocycles. The lowest BCUT2D eigenvalue weighted by atomic mass is 10.1. The zero-order valence-electron chi connectivity index (χ0n) is 14.5. The fourth-order valence-electron chi connectivity index (χ4n) is 3.48. The minimum atomic E-state index is 0.708. The Morgan fingerprint density at radius 3 is 2.65 bits per heavy atom. The van der Waals surface area contributed by atoms with Crippen molar-refractivity contribution in [3.63, 3.8) is 0 Å². The molecule has 3 nitrogen and oxygen atoms in total. The molecular weight excluding hydrogens is 282 g/mol. The smallest absolute Gasteiger partial charge is 0.0472 e. The fraction of sp³-hybridized carbons (Fsp3) is 0.600. The van der Waals surface area contributed by atoms with Gasteiger partial charge in [-0.2, -0.15) is 0 Å². The average Bonchev–Trinajstić information content (AvgIpc) is 3.40. The molecule has 1 aliphatic heterocycles. The number of hydrogen-bond acceptors (Lipinski definition) is 3. The van der Waals surface area contributed by atoms with E-state index in [9.17, 15) is 0 Å². The van der Waals surface area contributed by atoms with E-state index in [1.165, 1.54) is 49.9 Å². The molecule has 3 rings (SSSR count). The van der Waals surface area contributed by atoms with Gasteiger partial charge in [-0.1, -0.05) is 50.1 Å². The summed E-state index contributed by atoms with van der Waals surface area (Å²) in [7, 11) is 0. The fourth-order valence-corrected chi connectivity index (χ4v) is 3.48. The first kappa shape index (κ1) is 16.4. The molecule has 1 aromatic rings. The summed E-state index contributed by atoms with van der Waals surface area (Å²) in [5.41, 5.74) is 10.3. The maximum Gasteiger partial charge on any atom is 0.0472 e. The molecular formula is C20H31N3. The zero-order chi connectivity index (χ0) is 16.1. The van der Waals surface area contributed by atoms with Crippen LogP contribution in [0, 0.1) is 0 Å². The summed E-state index contributed by atoms with van der Waals surface area (Å²) < 4.78 is 0. The van der Waals surface area contributed by atoms with E-state index in [0.717, 1.165) is 31.8 Å². The van der Waals surface area contributed by atoms with Crippen LogP contribution in [-0.2, 0) is 6.54 Å². The second kappa shape index (κ2) is 7.87. The number of benzene rings is 1. The van der Waals surface area contributed by atoms with Crippen LogP contribution in [0.5, 0.6) is 0 Å². The predicted octanol–water partition coefficient (Wildman–Crippen LogP) is 3.72. The summed E-state index contributed by atoms with van der Waals surface area (Å²) in [6, 6.07) is 11.5. The molecule has 1 aliphatic carbocycles. The Morgan fingerprint density at radius 1 is 1.17 bits per heavy atom. The first-order valence-corrected chi connectivity index (χ1v) is 9.28. The van der Waals surface area contributed by atoms with Crippen LogP contribution < -0.4 is 5.73 Å². The van der Waals surface area contributed by atoms with Gasteiger partial charge in [0.1, 0.15) is 0 Å². The Kier molecular flexibility index (Phi) is 5.60. The predicted molar refractivity (Wildman–Crippen MR) is 96.8 cm³/mol. The lowest BCUT2D eigenvalue weighted by molar-refractivity contribution is 0.217. The van der Waals surface area contributed by atoms with Gasteiger partial charge in [0, 0.05) is 43.5 Å². The number of unbranched alkanes of at least 4 members (excludes halogenated alkanes) is 2. The molecule has 3 heteroatoms. The summed E-state index contributed by atoms with van der Waals surface area (Å²) in [6.45, 7) is 6.66. The van der Waals surface area contributed by atoms with Gasteiger partial charge in [0.05, 0.1) is 0 Å². The Morgan fingerprint density at radius 2 is 1.96 bits per heavy atom. The van der Waals surface area contributed by atoms with E-state index in [4.69, 9.17) is 5.73 Å². The second-order valence-corrected chi connectivity index (χ2v) is 7.05. The van der Waals surface area contributed by atoms with Gasteiger partial charge in [-0.05, 0) is 31.4 Å². The van der Waals surface area contributed by atoms with Crippen LogP contribution >= 0.6 is 0 Å². The molecule has 2 aliphatic rings. The third-order valence-electron chi connectivity index (χ3n) is 5.05. The van der Waals surface area contributed by atoms with E-state index >= 15 is 0 Å². The largest absolute Gasteiger partial charge is 0.401 e. The van der Waals surface area contributed by atoms with Gasteiger partial charge in [0.15, 0.2) is 0 Å². The summed E-state index contributed by atoms with van der Waals surface area (Å²) in [6.07, 6.45) is 7.60. The van der Waals surface area contributed by atoms with Crippen molar-refractivity contribution < 1.29 is 0 Å². The van der Waals surface area contributed by atoms with Crippen LogP contribution in [0.2, 0.25) is 0 Å². The van der Waals surface area contributed by atoms with Crippen LogP contribution in [0.1, 0.15) is 51.0 Å². The average molecular weight is 313 g/mol. The third kappa shape index (κ3) is 4.51. The van der Waals surface area contributed by atoms with E-state index in [-0.39, 0.29) is 0 Å². The maximum atomic E-state index is 6.43. The standard InChI is InChI=1S/C20H31N3/c1-2-3-7-13-22-14-12-19(21)20(16-22)23(18-10-11-18)15-17-8-5-4-6-9-17/h4-6,8-9,18H,2-3,7,10-16,21H2,1H3. The highest BCUT2D eigenvalue weighted by Gasteiger charge is 2.33. The Hall–Kier alpha value is -1.48. The molecule has 0 saturated heterocycles. The Balaban J connectivity index is 1.67. The SMILES string of the molecule is CCCCCN1CCC(N)=C(N(Cc2ccccc2)C2CC2)C1. The van der Waals surface area contributed by atoms with Crippen LogP contribution in [0.15, 0.2) is 41.7 Å². The van der Waals surface area contributed by atoms with Gasteiger partial charge in [-0.15, -0.1) is 0 Å². The lowest BCUT2D eigenvalue weighted by Crippen LogP contribution is -2.41. The van der Waals surface area contributed by atoms with E-state index in [1.54, 1.807) is 0 Å². The minimum absolute atomic E-state index is 0.708. The highest BCUT2D eigenvalue weighted by Crippen LogP contribution is 2.34. The van der Waals surface area contributed by atoms with Crippen LogP contribution in [0.4, 0.5) is 0 Å². The number of rotatable bonds is 8. The maximum absolute atomic E-state index is 6.43. The first-order chi connectivity index (χ1) is 11.3. The van der Waals surface area contributed by atoms with Crippen molar-refractivity contribution in [2.75, 3.05) is 19.6 Å². The molecule has 0 aromatic heterocycles. The quantitative estimate of drug-likeness (QED) is 0.743. The van der Waals surface area contributed by atoms with E-state index in [2.05, 4.69) is 47.1 Å². The first-order valence-electron chi connectivity index (χ1n) is 9.28. The molecule has 0 unspecified atom stereocenters. The molecule has 0 spiro atoms. The van der Waals surface area contributed by atoms with Crippen molar-refractivity contribution in [3.05, 3.63) is 47.3 Å². The summed E-state index contributed by atoms with van der Waals surface area (Å²) in [5.74, 6) is 0. The zero-order valence-corrected chi connectivity index (χ0v) is 14.5. The molecule has 1 fully saturated rings. The molecule has 0 atom stereocenters. The second-order valence-electron chi connectivity index (χ2n) is 7.05. The van der Waals surface area contributed by atoms with Crippen molar-refractivity contribution in [2.45, 2.75) is 58.0 Å². The van der Waals surface area contributed by atoms with E-state index in [0.29, 0.717) is 6.04 Å². The van der Waals surface area contributed by atoms with Gasteiger partial charge in [0.2, 0.25) is 0 Å². The van der Waals surface area contributed by atoms with Gasteiger partial charge in [0.25, 0.3) is 0 Å². The van der Waals surface area contributed by atoms with Crippen LogP contribution in [-0.4, -0.2) is 35.5 Å². The van der Waals surface area contributed by atoms with Crippen LogP contribution in [0.3, 0.4) is 0 Å². The molecule has 126 valence electrons. The van der Waals surface area contributed by atoms with Crippen LogP contribution in [0.25, 0.3) is 0 Å². The summed E-state index contributed by atoms with van der Waals surface area (Å²) >= 11 is 0. The van der Waals surface area contributed by atoms with Gasteiger partial charge in [-0.3, -0.25) is 4.90 Å². The topological polar surface area (TPSA) is 32.5 Å². The molecule has 23 heavy (non-hydrogen) atoms. The van der Waals surface area contributed by atoms with Crippen molar-refractivity contribution in [2.24, 2.45) is 5.73 Å². The number of hydrogen-bond donors (Lipinski definition) is 1. The molecule has 2 N–H and O–H groups in total. The summed E-state index contributed by atoms with van der Waals surface area (Å²) in [4.78, 5) is 5.19. The normalized spacial score (nSPS) is 19.2. The van der Waals surface area contributed by atoms with Gasteiger partial charge in [-0.25, -0.2) is 0 Å². The summed E-state index contributed by atoms with van der Waals surface area (Å²) in [5, 5.41) is 0. The molecule has 0 bridgehead atoms. The molecule has 0 amide bonds. The van der Waals surface area contributed by atoms with Gasteiger partial charge >= 0.3 is 0 Å². The molecule has 0 radical (unpaired) electrons. The lowest BCUT2D eigenvalue weighted by Gasteiger charge is -2.36. The van der Waals surface area contributed by atoms with Crippen molar-refractivity contribution >= 4 is 0 Å². The highest BCUT2D eigenvalue weighted by atomic mass is 15.3. The monoisotopic (exact) mass is 313 g/mol.